The predicted molar refractivity (Wildman–Crippen MR) is 112 cm³/mol. The van der Waals surface area contributed by atoms with E-state index in [4.69, 9.17) is 4.74 Å². The summed E-state index contributed by atoms with van der Waals surface area (Å²) in [5.74, 6) is 0.656. The van der Waals surface area contributed by atoms with E-state index in [1.54, 1.807) is 19.9 Å². The molecule has 0 saturated heterocycles. The largest absolute Gasteiger partial charge is 0.507 e. The molecule has 27 heavy (non-hydrogen) atoms. The number of aromatic hydroxyl groups is 2. The maximum atomic E-state index is 10.3. The zero-order chi connectivity index (χ0) is 19.6. The average Bonchev–Trinajstić information content (AvgIpc) is 2.68. The van der Waals surface area contributed by atoms with E-state index >= 15 is 0 Å². The molecule has 0 bridgehead atoms. The first-order valence-electron chi connectivity index (χ1n) is 10.3. The van der Waals surface area contributed by atoms with Gasteiger partial charge in [0.05, 0.1) is 0 Å². The smallest absolute Gasteiger partial charge is 0.168 e. The third-order valence-corrected chi connectivity index (χ3v) is 5.16. The van der Waals surface area contributed by atoms with Crippen molar-refractivity contribution in [1.29, 1.82) is 0 Å². The average molecular weight is 371 g/mol. The van der Waals surface area contributed by atoms with E-state index in [0.717, 1.165) is 18.4 Å². The zero-order valence-electron chi connectivity index (χ0n) is 17.0. The normalized spacial score (nSPS) is 12.1. The van der Waals surface area contributed by atoms with E-state index < -0.39 is 0 Å². The molecule has 0 amide bonds. The molecule has 0 radical (unpaired) electrons. The molecule has 1 atom stereocenters. The third-order valence-electron chi connectivity index (χ3n) is 5.16. The minimum Gasteiger partial charge on any atom is -0.507 e. The van der Waals surface area contributed by atoms with Gasteiger partial charge in [-0.2, -0.15) is 0 Å². The molecule has 1 unspecified atom stereocenters. The second kappa shape index (κ2) is 10.9. The fraction of sp³-hybridized carbons (Fsp3) is 0.500. The molecule has 148 valence electrons. The monoisotopic (exact) mass is 370 g/mol. The van der Waals surface area contributed by atoms with Crippen molar-refractivity contribution in [3.63, 3.8) is 0 Å². The van der Waals surface area contributed by atoms with Crippen molar-refractivity contribution in [2.24, 2.45) is 0 Å². The molecule has 0 aliphatic carbocycles. The molecular weight excluding hydrogens is 336 g/mol. The van der Waals surface area contributed by atoms with Gasteiger partial charge in [-0.1, -0.05) is 75.8 Å². The molecular formula is C24H34O3. The summed E-state index contributed by atoms with van der Waals surface area (Å²) in [6, 6.07) is 11.7. The molecule has 0 aromatic heterocycles. The predicted octanol–water partition coefficient (Wildman–Crippen LogP) is 6.98. The van der Waals surface area contributed by atoms with Crippen molar-refractivity contribution < 1.29 is 14.9 Å². The molecule has 0 aliphatic heterocycles. The summed E-state index contributed by atoms with van der Waals surface area (Å²) in [5, 5.41) is 20.6. The van der Waals surface area contributed by atoms with Crippen molar-refractivity contribution >= 4 is 0 Å². The number of unbranched alkanes of at least 4 members (excludes halogenated alkanes) is 6. The Morgan fingerprint density at radius 2 is 1.52 bits per heavy atom. The minimum atomic E-state index is -0.131. The topological polar surface area (TPSA) is 49.7 Å². The van der Waals surface area contributed by atoms with Crippen LogP contribution in [0.25, 0.3) is 0 Å². The summed E-state index contributed by atoms with van der Waals surface area (Å²) in [7, 11) is 0. The van der Waals surface area contributed by atoms with Gasteiger partial charge in [0.15, 0.2) is 11.5 Å². The first-order valence-corrected chi connectivity index (χ1v) is 10.3. The molecule has 2 aromatic carbocycles. The second-order valence-corrected chi connectivity index (χ2v) is 7.44. The lowest BCUT2D eigenvalue weighted by molar-refractivity contribution is 0.181. The van der Waals surface area contributed by atoms with Crippen molar-refractivity contribution in [1.82, 2.24) is 0 Å². The summed E-state index contributed by atoms with van der Waals surface area (Å²) in [6.45, 7) is 5.80. The van der Waals surface area contributed by atoms with Gasteiger partial charge in [0.1, 0.15) is 11.9 Å². The highest BCUT2D eigenvalue weighted by Crippen LogP contribution is 2.41. The fourth-order valence-corrected chi connectivity index (χ4v) is 3.47. The van der Waals surface area contributed by atoms with Gasteiger partial charge < -0.3 is 14.9 Å². The molecule has 0 spiro atoms. The van der Waals surface area contributed by atoms with Gasteiger partial charge in [0, 0.05) is 5.56 Å². The molecule has 2 aromatic rings. The van der Waals surface area contributed by atoms with E-state index in [1.165, 1.54) is 38.5 Å². The maximum absolute atomic E-state index is 10.3. The molecule has 0 aliphatic rings. The minimum absolute atomic E-state index is 0.0864. The van der Waals surface area contributed by atoms with Gasteiger partial charge in [-0.25, -0.2) is 0 Å². The molecule has 2 rings (SSSR count). The first kappa shape index (κ1) is 21.1. The van der Waals surface area contributed by atoms with E-state index in [2.05, 4.69) is 19.1 Å². The maximum Gasteiger partial charge on any atom is 0.168 e. The van der Waals surface area contributed by atoms with Crippen molar-refractivity contribution in [3.8, 4) is 17.2 Å². The number of hydrogen-bond donors (Lipinski definition) is 2. The summed E-state index contributed by atoms with van der Waals surface area (Å²) in [6.07, 6.45) is 9.53. The molecule has 3 heteroatoms. The van der Waals surface area contributed by atoms with Crippen LogP contribution in [0.4, 0.5) is 0 Å². The number of phenolic OH excluding ortho intramolecular Hbond substituents is 2. The van der Waals surface area contributed by atoms with E-state index in [9.17, 15) is 10.2 Å². The summed E-state index contributed by atoms with van der Waals surface area (Å²) < 4.78 is 6.23. The number of phenols is 2. The SMILES string of the molecule is CCCCCCCCCC(Oc1c(O)cc(C)c(O)c1C)c1ccccc1. The van der Waals surface area contributed by atoms with Crippen LogP contribution in [0.5, 0.6) is 17.2 Å². The van der Waals surface area contributed by atoms with Gasteiger partial charge in [-0.3, -0.25) is 0 Å². The molecule has 3 nitrogen and oxygen atoms in total. The van der Waals surface area contributed by atoms with Crippen LogP contribution in [0.1, 0.15) is 81.1 Å². The van der Waals surface area contributed by atoms with E-state index in [1.807, 2.05) is 18.2 Å². The molecule has 0 saturated carbocycles. The van der Waals surface area contributed by atoms with Gasteiger partial charge in [0.2, 0.25) is 0 Å². The Balaban J connectivity index is 2.05. The van der Waals surface area contributed by atoms with Crippen molar-refractivity contribution in [2.45, 2.75) is 78.2 Å². The Hall–Kier alpha value is -2.16. The van der Waals surface area contributed by atoms with Crippen LogP contribution in [-0.2, 0) is 0 Å². The lowest BCUT2D eigenvalue weighted by Crippen LogP contribution is -2.09. The number of hydrogen-bond acceptors (Lipinski definition) is 3. The van der Waals surface area contributed by atoms with Gasteiger partial charge >= 0.3 is 0 Å². The Bertz CT molecular complexity index is 695. The van der Waals surface area contributed by atoms with E-state index in [-0.39, 0.29) is 17.6 Å². The summed E-state index contributed by atoms with van der Waals surface area (Å²) in [4.78, 5) is 0. The van der Waals surface area contributed by atoms with Crippen LogP contribution in [0.3, 0.4) is 0 Å². The lowest BCUT2D eigenvalue weighted by Gasteiger charge is -2.22. The highest BCUT2D eigenvalue weighted by atomic mass is 16.5. The Morgan fingerprint density at radius 3 is 2.19 bits per heavy atom. The Kier molecular flexibility index (Phi) is 8.50. The van der Waals surface area contributed by atoms with Crippen molar-refractivity contribution in [3.05, 3.63) is 53.1 Å². The quantitative estimate of drug-likeness (QED) is 0.331. The van der Waals surface area contributed by atoms with Crippen LogP contribution in [-0.4, -0.2) is 10.2 Å². The zero-order valence-corrected chi connectivity index (χ0v) is 17.0. The van der Waals surface area contributed by atoms with Crippen LogP contribution in [0.2, 0.25) is 0 Å². The molecule has 2 N–H and O–H groups in total. The first-order chi connectivity index (χ1) is 13.0. The van der Waals surface area contributed by atoms with Crippen LogP contribution >= 0.6 is 0 Å². The van der Waals surface area contributed by atoms with Crippen LogP contribution < -0.4 is 4.74 Å². The van der Waals surface area contributed by atoms with Gasteiger partial charge in [-0.15, -0.1) is 0 Å². The number of ether oxygens (including phenoxy) is 1. The highest BCUT2D eigenvalue weighted by molar-refractivity contribution is 5.56. The summed E-state index contributed by atoms with van der Waals surface area (Å²) in [5.41, 5.74) is 2.34. The molecule has 0 heterocycles. The van der Waals surface area contributed by atoms with Crippen molar-refractivity contribution in [2.75, 3.05) is 0 Å². The Labute approximate surface area is 164 Å². The van der Waals surface area contributed by atoms with Gasteiger partial charge in [0.25, 0.3) is 0 Å². The van der Waals surface area contributed by atoms with Gasteiger partial charge in [-0.05, 0) is 43.9 Å². The van der Waals surface area contributed by atoms with Crippen LogP contribution in [0, 0.1) is 13.8 Å². The standard InChI is InChI=1S/C24H34O3/c1-4-5-6-7-8-9-13-16-22(20-14-11-10-12-15-20)27-24-19(3)23(26)18(2)17-21(24)25/h10-12,14-15,17,22,25-26H,4-9,13,16H2,1-3H3. The number of rotatable bonds is 11. The Morgan fingerprint density at radius 1 is 0.889 bits per heavy atom. The highest BCUT2D eigenvalue weighted by Gasteiger charge is 2.19. The lowest BCUT2D eigenvalue weighted by atomic mass is 10.0. The second-order valence-electron chi connectivity index (χ2n) is 7.44. The third kappa shape index (κ3) is 6.20. The fourth-order valence-electron chi connectivity index (χ4n) is 3.47. The summed E-state index contributed by atoms with van der Waals surface area (Å²) >= 11 is 0. The van der Waals surface area contributed by atoms with Crippen LogP contribution in [0.15, 0.2) is 36.4 Å². The molecule has 0 fully saturated rings. The van der Waals surface area contributed by atoms with E-state index in [0.29, 0.717) is 16.9 Å². The number of aryl methyl sites for hydroxylation is 1. The number of benzene rings is 2.